The fraction of sp³-hybridized carbons (Fsp3) is 0.0667. The van der Waals surface area contributed by atoms with Gasteiger partial charge >= 0.3 is 0 Å². The lowest BCUT2D eigenvalue weighted by Crippen LogP contribution is -2.17. The Labute approximate surface area is 280 Å². The molecule has 8 aromatic rings. The van der Waals surface area contributed by atoms with E-state index in [0.29, 0.717) is 0 Å². The van der Waals surface area contributed by atoms with E-state index in [0.717, 1.165) is 17.1 Å². The molecule has 2 heteroatoms. The Morgan fingerprint density at radius 2 is 1.13 bits per heavy atom. The minimum absolute atomic E-state index is 0.0920. The van der Waals surface area contributed by atoms with E-state index >= 15 is 0 Å². The molecule has 0 saturated carbocycles. The highest BCUT2D eigenvalue weighted by atomic mass is 32.1. The predicted octanol–water partition coefficient (Wildman–Crippen LogP) is 13.2. The monoisotopic (exact) mass is 619 g/mol. The van der Waals surface area contributed by atoms with Crippen LogP contribution in [0.3, 0.4) is 0 Å². The van der Waals surface area contributed by atoms with Crippen LogP contribution in [0.4, 0.5) is 17.1 Å². The average molecular weight is 620 g/mol. The Kier molecular flexibility index (Phi) is 6.41. The number of rotatable bonds is 5. The summed E-state index contributed by atoms with van der Waals surface area (Å²) >= 11 is 1.87. The molecule has 1 nitrogen and oxygen atoms in total. The quantitative estimate of drug-likeness (QED) is 0.185. The molecular formula is C45H33NS. The predicted molar refractivity (Wildman–Crippen MR) is 202 cm³/mol. The molecule has 1 aliphatic rings. The number of fused-ring (bicyclic) bond motifs is 6. The van der Waals surface area contributed by atoms with E-state index in [1.165, 1.54) is 64.7 Å². The van der Waals surface area contributed by atoms with Gasteiger partial charge in [-0.05, 0) is 81.4 Å². The van der Waals surface area contributed by atoms with E-state index in [2.05, 4.69) is 183 Å². The zero-order valence-electron chi connectivity index (χ0n) is 26.4. The van der Waals surface area contributed by atoms with Crippen molar-refractivity contribution in [2.24, 2.45) is 0 Å². The summed E-state index contributed by atoms with van der Waals surface area (Å²) < 4.78 is 2.63. The van der Waals surface area contributed by atoms with Crippen molar-refractivity contribution in [3.8, 4) is 33.4 Å². The molecule has 9 rings (SSSR count). The molecule has 7 aromatic carbocycles. The maximum absolute atomic E-state index is 2.45. The van der Waals surface area contributed by atoms with Crippen molar-refractivity contribution in [3.63, 3.8) is 0 Å². The molecule has 0 N–H and O–H groups in total. The number of hydrogen-bond donors (Lipinski definition) is 0. The van der Waals surface area contributed by atoms with Gasteiger partial charge in [-0.2, -0.15) is 0 Å². The summed E-state index contributed by atoms with van der Waals surface area (Å²) in [6.45, 7) is 4.71. The molecule has 0 bridgehead atoms. The van der Waals surface area contributed by atoms with Crippen LogP contribution in [0.25, 0.3) is 53.6 Å². The standard InChI is InChI=1S/C45H33NS/c1-45(2)39-21-11-9-18-35(39)36-27-25-33(29-40(36)45)46(32-16-7-4-8-17-32)41-22-13-20-34(30-14-5-3-6-15-30)44(41)31-24-26-38-37-19-10-12-23-42(37)47-43(38)28-31/h3-29H,1-2H3. The average Bonchev–Trinajstić information content (AvgIpc) is 3.60. The minimum Gasteiger partial charge on any atom is -0.310 e. The van der Waals surface area contributed by atoms with E-state index in [-0.39, 0.29) is 5.41 Å². The first kappa shape index (κ1) is 27.8. The van der Waals surface area contributed by atoms with Gasteiger partial charge in [0, 0.05) is 42.5 Å². The van der Waals surface area contributed by atoms with E-state index < -0.39 is 0 Å². The Morgan fingerprint density at radius 1 is 0.447 bits per heavy atom. The molecule has 1 heterocycles. The number of nitrogens with zero attached hydrogens (tertiary/aromatic N) is 1. The van der Waals surface area contributed by atoms with Gasteiger partial charge in [0.2, 0.25) is 0 Å². The summed E-state index contributed by atoms with van der Waals surface area (Å²) in [6, 6.07) is 60.1. The normalized spacial score (nSPS) is 13.1. The Hall–Kier alpha value is -5.44. The number of hydrogen-bond acceptors (Lipinski definition) is 2. The molecule has 0 fully saturated rings. The molecule has 0 aliphatic heterocycles. The summed E-state index contributed by atoms with van der Waals surface area (Å²) in [6.07, 6.45) is 0. The molecular weight excluding hydrogens is 587 g/mol. The molecule has 0 amide bonds. The molecule has 0 spiro atoms. The van der Waals surface area contributed by atoms with Crippen molar-refractivity contribution in [1.82, 2.24) is 0 Å². The zero-order valence-corrected chi connectivity index (χ0v) is 27.3. The SMILES string of the molecule is CC1(C)c2ccccc2-c2ccc(N(c3ccccc3)c3cccc(-c4ccccc4)c3-c3ccc4c(c3)sc3ccccc34)cc21. The van der Waals surface area contributed by atoms with Crippen LogP contribution in [0.2, 0.25) is 0 Å². The lowest BCUT2D eigenvalue weighted by Gasteiger charge is -2.30. The van der Waals surface area contributed by atoms with Gasteiger partial charge in [-0.15, -0.1) is 11.3 Å². The highest BCUT2D eigenvalue weighted by Gasteiger charge is 2.36. The fourth-order valence-corrected chi connectivity index (χ4v) is 8.75. The van der Waals surface area contributed by atoms with Gasteiger partial charge in [0.15, 0.2) is 0 Å². The van der Waals surface area contributed by atoms with Crippen LogP contribution in [0.15, 0.2) is 164 Å². The molecule has 47 heavy (non-hydrogen) atoms. The van der Waals surface area contributed by atoms with Crippen molar-refractivity contribution < 1.29 is 0 Å². The first-order valence-electron chi connectivity index (χ1n) is 16.3. The van der Waals surface area contributed by atoms with Crippen LogP contribution < -0.4 is 4.90 Å². The molecule has 224 valence electrons. The van der Waals surface area contributed by atoms with Crippen molar-refractivity contribution in [3.05, 3.63) is 175 Å². The third-order valence-electron chi connectivity index (χ3n) is 9.88. The molecule has 0 radical (unpaired) electrons. The smallest absolute Gasteiger partial charge is 0.0546 e. The highest BCUT2D eigenvalue weighted by Crippen LogP contribution is 2.52. The molecule has 0 unspecified atom stereocenters. The Balaban J connectivity index is 1.31. The minimum atomic E-state index is -0.0920. The lowest BCUT2D eigenvalue weighted by molar-refractivity contribution is 0.660. The number of benzene rings is 7. The van der Waals surface area contributed by atoms with Crippen LogP contribution in [-0.2, 0) is 5.41 Å². The zero-order chi connectivity index (χ0) is 31.5. The summed E-state index contributed by atoms with van der Waals surface area (Å²) in [7, 11) is 0. The number of para-hydroxylation sites is 1. The third-order valence-corrected chi connectivity index (χ3v) is 11.0. The first-order chi connectivity index (χ1) is 23.1. The first-order valence-corrected chi connectivity index (χ1v) is 17.1. The van der Waals surface area contributed by atoms with Crippen molar-refractivity contribution in [2.45, 2.75) is 19.3 Å². The highest BCUT2D eigenvalue weighted by molar-refractivity contribution is 7.25. The van der Waals surface area contributed by atoms with E-state index in [1.807, 2.05) is 11.3 Å². The van der Waals surface area contributed by atoms with Crippen LogP contribution in [0.5, 0.6) is 0 Å². The summed E-state index contributed by atoms with van der Waals surface area (Å²) in [5.41, 5.74) is 13.7. The summed E-state index contributed by atoms with van der Waals surface area (Å²) in [4.78, 5) is 2.45. The molecule has 0 saturated heterocycles. The van der Waals surface area contributed by atoms with Gasteiger partial charge in [0.1, 0.15) is 0 Å². The van der Waals surface area contributed by atoms with Gasteiger partial charge in [-0.25, -0.2) is 0 Å². The Morgan fingerprint density at radius 3 is 1.98 bits per heavy atom. The van der Waals surface area contributed by atoms with Crippen LogP contribution in [0.1, 0.15) is 25.0 Å². The lowest BCUT2D eigenvalue weighted by atomic mass is 9.82. The fourth-order valence-electron chi connectivity index (χ4n) is 7.61. The van der Waals surface area contributed by atoms with Crippen LogP contribution >= 0.6 is 11.3 Å². The maximum atomic E-state index is 2.45. The third kappa shape index (κ3) is 4.44. The van der Waals surface area contributed by atoms with Gasteiger partial charge < -0.3 is 4.90 Å². The Bertz CT molecular complexity index is 2440. The largest absolute Gasteiger partial charge is 0.310 e. The summed E-state index contributed by atoms with van der Waals surface area (Å²) in [5, 5.41) is 2.64. The van der Waals surface area contributed by atoms with Gasteiger partial charge in [0.05, 0.1) is 5.69 Å². The van der Waals surface area contributed by atoms with Crippen molar-refractivity contribution >= 4 is 48.6 Å². The van der Waals surface area contributed by atoms with Crippen molar-refractivity contribution in [1.29, 1.82) is 0 Å². The maximum Gasteiger partial charge on any atom is 0.0546 e. The molecule has 1 aliphatic carbocycles. The number of anilines is 3. The van der Waals surface area contributed by atoms with Gasteiger partial charge in [-0.1, -0.05) is 135 Å². The van der Waals surface area contributed by atoms with E-state index in [4.69, 9.17) is 0 Å². The van der Waals surface area contributed by atoms with Crippen molar-refractivity contribution in [2.75, 3.05) is 4.90 Å². The second kappa shape index (κ2) is 10.8. The van der Waals surface area contributed by atoms with Crippen LogP contribution in [-0.4, -0.2) is 0 Å². The van der Waals surface area contributed by atoms with E-state index in [9.17, 15) is 0 Å². The second-order valence-corrected chi connectivity index (χ2v) is 14.0. The summed E-state index contributed by atoms with van der Waals surface area (Å²) in [5.74, 6) is 0. The second-order valence-electron chi connectivity index (χ2n) is 12.9. The molecule has 0 atom stereocenters. The topological polar surface area (TPSA) is 3.24 Å². The van der Waals surface area contributed by atoms with Crippen LogP contribution in [0, 0.1) is 0 Å². The molecule has 1 aromatic heterocycles. The van der Waals surface area contributed by atoms with E-state index in [1.54, 1.807) is 0 Å². The van der Waals surface area contributed by atoms with Gasteiger partial charge in [-0.3, -0.25) is 0 Å². The number of thiophene rings is 1. The van der Waals surface area contributed by atoms with Gasteiger partial charge in [0.25, 0.3) is 0 Å².